The third-order valence-corrected chi connectivity index (χ3v) is 3.61. The second-order valence-corrected chi connectivity index (χ2v) is 4.54. The molecule has 1 atom stereocenters. The third kappa shape index (κ3) is 3.16. The van der Waals surface area contributed by atoms with Crippen LogP contribution >= 0.6 is 11.6 Å². The van der Waals surface area contributed by atoms with Crippen molar-refractivity contribution in [1.82, 2.24) is 4.90 Å². The van der Waals surface area contributed by atoms with Gasteiger partial charge in [0.15, 0.2) is 11.5 Å². The molecule has 112 valence electrons. The summed E-state index contributed by atoms with van der Waals surface area (Å²) in [5.74, 6) is -0.113. The predicted octanol–water partition coefficient (Wildman–Crippen LogP) is 2.82. The van der Waals surface area contributed by atoms with Crippen molar-refractivity contribution in [2.45, 2.75) is 19.9 Å². The van der Waals surface area contributed by atoms with Gasteiger partial charge in [0.1, 0.15) is 6.04 Å². The molecule has 0 radical (unpaired) electrons. The molecular formula is C14H20ClNO4. The standard InChI is InChI=1S/C14H20ClNO4/c1-5-16(6-2)12(14(17)18)9-7-8-10(19-3)13(20-4)11(9)15/h7-8,12H,5-6H2,1-4H3,(H,17,18). The molecule has 1 N–H and O–H groups in total. The normalized spacial score (nSPS) is 12.3. The molecule has 1 unspecified atom stereocenters. The van der Waals surface area contributed by atoms with Gasteiger partial charge in [-0.2, -0.15) is 0 Å². The molecule has 0 spiro atoms. The topological polar surface area (TPSA) is 59.0 Å². The van der Waals surface area contributed by atoms with E-state index in [1.165, 1.54) is 14.2 Å². The number of benzene rings is 1. The average molecular weight is 302 g/mol. The number of carboxylic acid groups (broad SMARTS) is 1. The molecule has 6 heteroatoms. The number of likely N-dealkylation sites (N-methyl/N-ethyl adjacent to an activating group) is 1. The Morgan fingerprint density at radius 2 is 1.90 bits per heavy atom. The summed E-state index contributed by atoms with van der Waals surface area (Å²) < 4.78 is 10.4. The molecule has 20 heavy (non-hydrogen) atoms. The first kappa shape index (κ1) is 16.6. The van der Waals surface area contributed by atoms with Crippen LogP contribution in [0.3, 0.4) is 0 Å². The molecular weight excluding hydrogens is 282 g/mol. The van der Waals surface area contributed by atoms with E-state index in [4.69, 9.17) is 21.1 Å². The van der Waals surface area contributed by atoms with Crippen LogP contribution in [0.4, 0.5) is 0 Å². The Balaban J connectivity index is 3.38. The maximum absolute atomic E-state index is 11.6. The van der Waals surface area contributed by atoms with Crippen molar-refractivity contribution in [3.8, 4) is 11.5 Å². The number of aliphatic carboxylic acids is 1. The first-order valence-corrected chi connectivity index (χ1v) is 6.76. The van der Waals surface area contributed by atoms with Crippen LogP contribution in [0, 0.1) is 0 Å². The Hall–Kier alpha value is -1.46. The van der Waals surface area contributed by atoms with Crippen LogP contribution in [0.5, 0.6) is 11.5 Å². The number of hydrogen-bond donors (Lipinski definition) is 1. The lowest BCUT2D eigenvalue weighted by Crippen LogP contribution is -2.34. The summed E-state index contributed by atoms with van der Waals surface area (Å²) in [6.07, 6.45) is 0. The average Bonchev–Trinajstić information content (AvgIpc) is 2.44. The third-order valence-electron chi connectivity index (χ3n) is 3.22. The molecule has 1 aromatic carbocycles. The predicted molar refractivity (Wildman–Crippen MR) is 77.9 cm³/mol. The lowest BCUT2D eigenvalue weighted by Gasteiger charge is -2.27. The number of nitrogens with zero attached hydrogens (tertiary/aromatic N) is 1. The zero-order valence-electron chi connectivity index (χ0n) is 12.1. The van der Waals surface area contributed by atoms with E-state index in [0.29, 0.717) is 30.2 Å². The monoisotopic (exact) mass is 301 g/mol. The van der Waals surface area contributed by atoms with Gasteiger partial charge in [-0.25, -0.2) is 0 Å². The van der Waals surface area contributed by atoms with E-state index in [2.05, 4.69) is 0 Å². The van der Waals surface area contributed by atoms with E-state index in [-0.39, 0.29) is 5.02 Å². The highest BCUT2D eigenvalue weighted by Crippen LogP contribution is 2.40. The van der Waals surface area contributed by atoms with E-state index in [1.54, 1.807) is 12.1 Å². The van der Waals surface area contributed by atoms with E-state index < -0.39 is 12.0 Å². The summed E-state index contributed by atoms with van der Waals surface area (Å²) >= 11 is 6.29. The highest BCUT2D eigenvalue weighted by atomic mass is 35.5. The van der Waals surface area contributed by atoms with Crippen molar-refractivity contribution in [1.29, 1.82) is 0 Å². The van der Waals surface area contributed by atoms with Gasteiger partial charge < -0.3 is 14.6 Å². The minimum atomic E-state index is -0.942. The quantitative estimate of drug-likeness (QED) is 0.839. The Bertz CT molecular complexity index is 474. The number of carboxylic acids is 1. The highest BCUT2D eigenvalue weighted by molar-refractivity contribution is 6.33. The molecule has 0 heterocycles. The number of methoxy groups -OCH3 is 2. The summed E-state index contributed by atoms with van der Waals surface area (Å²) in [4.78, 5) is 13.4. The minimum Gasteiger partial charge on any atom is -0.493 e. The number of carbonyl (C=O) groups is 1. The smallest absolute Gasteiger partial charge is 0.325 e. The van der Waals surface area contributed by atoms with Gasteiger partial charge in [0.05, 0.1) is 19.2 Å². The van der Waals surface area contributed by atoms with Crippen molar-refractivity contribution in [3.05, 3.63) is 22.7 Å². The lowest BCUT2D eigenvalue weighted by molar-refractivity contribution is -0.143. The lowest BCUT2D eigenvalue weighted by atomic mass is 10.0. The van der Waals surface area contributed by atoms with Gasteiger partial charge in [0, 0.05) is 5.56 Å². The van der Waals surface area contributed by atoms with Crippen molar-refractivity contribution in [3.63, 3.8) is 0 Å². The Morgan fingerprint density at radius 3 is 2.30 bits per heavy atom. The number of ether oxygens (including phenoxy) is 2. The number of rotatable bonds is 7. The van der Waals surface area contributed by atoms with Crippen LogP contribution in [0.15, 0.2) is 12.1 Å². The molecule has 0 fully saturated rings. The van der Waals surface area contributed by atoms with Crippen LogP contribution in [0.1, 0.15) is 25.5 Å². The van der Waals surface area contributed by atoms with Gasteiger partial charge in [-0.15, -0.1) is 0 Å². The maximum atomic E-state index is 11.6. The number of halogens is 1. The van der Waals surface area contributed by atoms with Crippen molar-refractivity contribution >= 4 is 17.6 Å². The van der Waals surface area contributed by atoms with Crippen molar-refractivity contribution in [2.24, 2.45) is 0 Å². The Kier molecular flexibility index (Phi) is 6.10. The fourth-order valence-electron chi connectivity index (χ4n) is 2.19. The van der Waals surface area contributed by atoms with E-state index >= 15 is 0 Å². The molecule has 0 saturated carbocycles. The van der Waals surface area contributed by atoms with Crippen LogP contribution in [0.2, 0.25) is 5.02 Å². The maximum Gasteiger partial charge on any atom is 0.325 e. The van der Waals surface area contributed by atoms with Gasteiger partial charge >= 0.3 is 5.97 Å². The van der Waals surface area contributed by atoms with Crippen LogP contribution < -0.4 is 9.47 Å². The second-order valence-electron chi connectivity index (χ2n) is 4.17. The molecule has 1 rings (SSSR count). The summed E-state index contributed by atoms with van der Waals surface area (Å²) in [6, 6.07) is 2.53. The Labute approximate surface area is 124 Å². The molecule has 0 aliphatic heterocycles. The summed E-state index contributed by atoms with van der Waals surface area (Å²) in [5.41, 5.74) is 0.500. The van der Waals surface area contributed by atoms with Crippen LogP contribution in [-0.2, 0) is 4.79 Å². The SMILES string of the molecule is CCN(CC)C(C(=O)O)c1ccc(OC)c(OC)c1Cl. The second kappa shape index (κ2) is 7.36. The Morgan fingerprint density at radius 1 is 1.30 bits per heavy atom. The zero-order chi connectivity index (χ0) is 15.3. The van der Waals surface area contributed by atoms with E-state index in [9.17, 15) is 9.90 Å². The van der Waals surface area contributed by atoms with Crippen molar-refractivity contribution in [2.75, 3.05) is 27.3 Å². The minimum absolute atomic E-state index is 0.270. The zero-order valence-corrected chi connectivity index (χ0v) is 12.9. The molecule has 0 aliphatic carbocycles. The van der Waals surface area contributed by atoms with Gasteiger partial charge in [0.2, 0.25) is 0 Å². The summed E-state index contributed by atoms with van der Waals surface area (Å²) in [5, 5.41) is 9.77. The molecule has 5 nitrogen and oxygen atoms in total. The van der Waals surface area contributed by atoms with Crippen LogP contribution in [-0.4, -0.2) is 43.3 Å². The summed E-state index contributed by atoms with van der Waals surface area (Å²) in [7, 11) is 2.98. The van der Waals surface area contributed by atoms with Gasteiger partial charge in [-0.3, -0.25) is 9.69 Å². The first-order chi connectivity index (χ1) is 9.51. The van der Waals surface area contributed by atoms with Gasteiger partial charge in [-0.05, 0) is 19.2 Å². The van der Waals surface area contributed by atoms with Crippen LogP contribution in [0.25, 0.3) is 0 Å². The number of hydrogen-bond acceptors (Lipinski definition) is 4. The molecule has 0 aromatic heterocycles. The van der Waals surface area contributed by atoms with E-state index in [1.807, 2.05) is 18.7 Å². The molecule has 1 aromatic rings. The van der Waals surface area contributed by atoms with Crippen molar-refractivity contribution < 1.29 is 19.4 Å². The van der Waals surface area contributed by atoms with Gasteiger partial charge in [-0.1, -0.05) is 31.5 Å². The molecule has 0 aliphatic rings. The fraction of sp³-hybridized carbons (Fsp3) is 0.500. The molecule has 0 bridgehead atoms. The fourth-order valence-corrected chi connectivity index (χ4v) is 2.53. The first-order valence-electron chi connectivity index (χ1n) is 6.38. The summed E-state index contributed by atoms with van der Waals surface area (Å²) in [6.45, 7) is 5.04. The molecule has 0 saturated heterocycles. The highest BCUT2D eigenvalue weighted by Gasteiger charge is 2.29. The molecule has 0 amide bonds. The largest absolute Gasteiger partial charge is 0.493 e. The van der Waals surface area contributed by atoms with E-state index in [0.717, 1.165) is 0 Å². The van der Waals surface area contributed by atoms with Gasteiger partial charge in [0.25, 0.3) is 0 Å².